The van der Waals surface area contributed by atoms with Gasteiger partial charge in [-0.1, -0.05) is 30.3 Å². The molecule has 1 saturated carbocycles. The molecule has 0 radical (unpaired) electrons. The molecule has 21 heavy (non-hydrogen) atoms. The minimum absolute atomic E-state index is 0.0230. The average Bonchev–Trinajstić information content (AvgIpc) is 3.36. The molecule has 1 unspecified atom stereocenters. The van der Waals surface area contributed by atoms with E-state index in [0.717, 1.165) is 5.92 Å². The van der Waals surface area contributed by atoms with E-state index in [1.54, 1.807) is 5.01 Å². The fourth-order valence-electron chi connectivity index (χ4n) is 2.80. The van der Waals surface area contributed by atoms with Crippen molar-refractivity contribution < 1.29 is 0 Å². The number of hydrogen-bond acceptors (Lipinski definition) is 3. The fourth-order valence-corrected chi connectivity index (χ4v) is 3.15. The first-order valence-corrected chi connectivity index (χ1v) is 8.13. The van der Waals surface area contributed by atoms with Gasteiger partial charge in [-0.3, -0.25) is 5.01 Å². The molecule has 1 atom stereocenters. The summed E-state index contributed by atoms with van der Waals surface area (Å²) in [5.41, 5.74) is 2.69. The van der Waals surface area contributed by atoms with E-state index in [9.17, 15) is 0 Å². The maximum Gasteiger partial charge on any atom is 0.174 e. The van der Waals surface area contributed by atoms with Gasteiger partial charge >= 0.3 is 0 Å². The van der Waals surface area contributed by atoms with Gasteiger partial charge in [-0.25, -0.2) is 0 Å². The molecule has 4 heteroatoms. The molecule has 110 valence electrons. The van der Waals surface area contributed by atoms with Gasteiger partial charge in [0, 0.05) is 31.9 Å². The molecule has 2 aromatic rings. The Hall–Kier alpha value is -1.55. The second kappa shape index (κ2) is 5.68. The summed E-state index contributed by atoms with van der Waals surface area (Å²) in [6.45, 7) is 3.58. The summed E-state index contributed by atoms with van der Waals surface area (Å²) in [7, 11) is 3.98. The minimum atomic E-state index is -0.0230. The maximum absolute atomic E-state index is 3.97. The molecule has 0 heterocycles. The SMILES string of the molecule is C=NN(C)C(Br)N(C)c1ccc(C2CC2)c2ccccc12. The van der Waals surface area contributed by atoms with Crippen LogP contribution >= 0.6 is 15.9 Å². The molecule has 0 aliphatic heterocycles. The highest BCUT2D eigenvalue weighted by atomic mass is 79.9. The van der Waals surface area contributed by atoms with Crippen molar-refractivity contribution in [3.63, 3.8) is 0 Å². The Bertz CT molecular complexity index is 666. The van der Waals surface area contributed by atoms with Crippen molar-refractivity contribution in [1.82, 2.24) is 5.01 Å². The molecule has 0 saturated heterocycles. The van der Waals surface area contributed by atoms with Crippen molar-refractivity contribution in [3.05, 3.63) is 42.0 Å². The smallest absolute Gasteiger partial charge is 0.174 e. The number of hydrogen-bond donors (Lipinski definition) is 0. The quantitative estimate of drug-likeness (QED) is 0.263. The molecule has 0 amide bonds. The van der Waals surface area contributed by atoms with E-state index in [1.807, 2.05) is 7.05 Å². The summed E-state index contributed by atoms with van der Waals surface area (Å²) in [6.07, 6.45) is 2.65. The Kier molecular flexibility index (Phi) is 3.89. The van der Waals surface area contributed by atoms with Gasteiger partial charge in [0.05, 0.1) is 0 Å². The summed E-state index contributed by atoms with van der Waals surface area (Å²) in [5, 5.41) is 8.41. The van der Waals surface area contributed by atoms with E-state index in [2.05, 4.69) is 76.1 Å². The van der Waals surface area contributed by atoms with Crippen LogP contribution in [0.3, 0.4) is 0 Å². The molecule has 0 N–H and O–H groups in total. The summed E-state index contributed by atoms with van der Waals surface area (Å²) < 4.78 is 0. The minimum Gasteiger partial charge on any atom is -0.344 e. The van der Waals surface area contributed by atoms with Gasteiger partial charge in [-0.05, 0) is 51.7 Å². The second-order valence-electron chi connectivity index (χ2n) is 5.63. The van der Waals surface area contributed by atoms with Crippen LogP contribution in [0.1, 0.15) is 24.3 Å². The van der Waals surface area contributed by atoms with E-state index < -0.39 is 0 Å². The Labute approximate surface area is 134 Å². The number of anilines is 1. The summed E-state index contributed by atoms with van der Waals surface area (Å²) in [6, 6.07) is 13.2. The summed E-state index contributed by atoms with van der Waals surface area (Å²) in [5.74, 6) is 0.756. The van der Waals surface area contributed by atoms with Gasteiger partial charge in [-0.15, -0.1) is 0 Å². The Balaban J connectivity index is 2.07. The highest BCUT2D eigenvalue weighted by Crippen LogP contribution is 2.44. The van der Waals surface area contributed by atoms with Crippen LogP contribution in [0.15, 0.2) is 41.5 Å². The molecule has 0 aromatic heterocycles. The van der Waals surface area contributed by atoms with E-state index in [0.29, 0.717) is 0 Å². The predicted molar refractivity (Wildman–Crippen MR) is 94.4 cm³/mol. The predicted octanol–water partition coefficient (Wildman–Crippen LogP) is 4.38. The van der Waals surface area contributed by atoms with Crippen molar-refractivity contribution in [3.8, 4) is 0 Å². The van der Waals surface area contributed by atoms with Crippen LogP contribution in [-0.4, -0.2) is 30.9 Å². The number of alkyl halides is 1. The van der Waals surface area contributed by atoms with E-state index >= 15 is 0 Å². The van der Waals surface area contributed by atoms with Gasteiger partial charge in [0.25, 0.3) is 0 Å². The van der Waals surface area contributed by atoms with Crippen LogP contribution in [0.5, 0.6) is 0 Å². The Morgan fingerprint density at radius 1 is 1.14 bits per heavy atom. The molecule has 0 bridgehead atoms. The van der Waals surface area contributed by atoms with Crippen LogP contribution in [0.4, 0.5) is 5.69 Å². The first kappa shape index (κ1) is 14.4. The van der Waals surface area contributed by atoms with Crippen LogP contribution in [0, 0.1) is 0 Å². The van der Waals surface area contributed by atoms with Crippen molar-refractivity contribution in [2.24, 2.45) is 5.10 Å². The molecule has 3 rings (SSSR count). The molecule has 1 aliphatic carbocycles. The van der Waals surface area contributed by atoms with Gasteiger partial charge in [0.15, 0.2) is 5.08 Å². The number of rotatable bonds is 5. The summed E-state index contributed by atoms with van der Waals surface area (Å²) in [4.78, 5) is 2.17. The molecule has 1 aliphatic rings. The second-order valence-corrected chi connectivity index (χ2v) is 6.45. The highest BCUT2D eigenvalue weighted by Gasteiger charge is 2.26. The van der Waals surface area contributed by atoms with Crippen molar-refractivity contribution in [1.29, 1.82) is 0 Å². The normalized spacial score (nSPS) is 15.8. The molecule has 3 nitrogen and oxygen atoms in total. The lowest BCUT2D eigenvalue weighted by Crippen LogP contribution is -2.37. The van der Waals surface area contributed by atoms with E-state index in [-0.39, 0.29) is 5.08 Å². The number of fused-ring (bicyclic) bond motifs is 1. The molecular weight excluding hydrogens is 326 g/mol. The first-order valence-electron chi connectivity index (χ1n) is 7.21. The van der Waals surface area contributed by atoms with Gasteiger partial charge < -0.3 is 4.90 Å². The monoisotopic (exact) mass is 345 g/mol. The number of halogens is 1. The zero-order valence-corrected chi connectivity index (χ0v) is 14.0. The summed E-state index contributed by atoms with van der Waals surface area (Å²) >= 11 is 3.67. The zero-order chi connectivity index (χ0) is 15.0. The first-order chi connectivity index (χ1) is 10.1. The average molecular weight is 346 g/mol. The third-order valence-electron chi connectivity index (χ3n) is 4.18. The van der Waals surface area contributed by atoms with E-state index in [4.69, 9.17) is 0 Å². The number of hydrazone groups is 1. The molecule has 1 fully saturated rings. The van der Waals surface area contributed by atoms with Gasteiger partial charge in [-0.2, -0.15) is 5.10 Å². The Morgan fingerprint density at radius 3 is 2.43 bits per heavy atom. The third kappa shape index (κ3) is 2.64. The standard InChI is InChI=1S/C17H20BrN3/c1-19-21(3)17(18)20(2)16-11-10-13(12-8-9-12)14-6-4-5-7-15(14)16/h4-7,10-12,17H,1,8-9H2,2-3H3. The van der Waals surface area contributed by atoms with Crippen LogP contribution < -0.4 is 4.90 Å². The van der Waals surface area contributed by atoms with Crippen molar-refractivity contribution in [2.45, 2.75) is 23.8 Å². The molecule has 0 spiro atoms. The fraction of sp³-hybridized carbons (Fsp3) is 0.353. The van der Waals surface area contributed by atoms with Crippen LogP contribution in [-0.2, 0) is 0 Å². The third-order valence-corrected chi connectivity index (χ3v) is 5.39. The topological polar surface area (TPSA) is 18.8 Å². The van der Waals surface area contributed by atoms with Gasteiger partial charge in [0.1, 0.15) is 0 Å². The lowest BCUT2D eigenvalue weighted by molar-refractivity contribution is 0.338. The maximum atomic E-state index is 3.97. The Morgan fingerprint density at radius 2 is 1.81 bits per heavy atom. The zero-order valence-electron chi connectivity index (χ0n) is 12.5. The lowest BCUT2D eigenvalue weighted by Gasteiger charge is -2.31. The molecular formula is C17H20BrN3. The van der Waals surface area contributed by atoms with E-state index in [1.165, 1.54) is 34.9 Å². The molecule has 2 aromatic carbocycles. The lowest BCUT2D eigenvalue weighted by atomic mass is 9.99. The number of benzene rings is 2. The van der Waals surface area contributed by atoms with Crippen LogP contribution in [0.25, 0.3) is 10.8 Å². The van der Waals surface area contributed by atoms with Crippen LogP contribution in [0.2, 0.25) is 0 Å². The van der Waals surface area contributed by atoms with Crippen molar-refractivity contribution >= 4 is 39.1 Å². The van der Waals surface area contributed by atoms with Gasteiger partial charge in [0.2, 0.25) is 0 Å². The highest BCUT2D eigenvalue weighted by molar-refractivity contribution is 9.09. The largest absolute Gasteiger partial charge is 0.344 e. The van der Waals surface area contributed by atoms with Crippen molar-refractivity contribution in [2.75, 3.05) is 19.0 Å². The number of nitrogens with zero attached hydrogens (tertiary/aromatic N) is 3.